The maximum atomic E-state index is 12.9. The van der Waals surface area contributed by atoms with Crippen LogP contribution in [-0.4, -0.2) is 24.0 Å². The summed E-state index contributed by atoms with van der Waals surface area (Å²) in [6, 6.07) is 22.7. The van der Waals surface area contributed by atoms with Gasteiger partial charge in [0.25, 0.3) is 0 Å². The quantitative estimate of drug-likeness (QED) is 0.108. The van der Waals surface area contributed by atoms with Crippen molar-refractivity contribution in [2.75, 3.05) is 7.11 Å². The normalized spacial score (nSPS) is 12.7. The highest BCUT2D eigenvalue weighted by atomic mass is 16.5. The van der Waals surface area contributed by atoms with Crippen LogP contribution in [0.3, 0.4) is 0 Å². The van der Waals surface area contributed by atoms with Gasteiger partial charge in [-0.3, -0.25) is 9.78 Å². The molecule has 0 saturated heterocycles. The third kappa shape index (κ3) is 9.38. The number of carbonyl (C=O) groups excluding carboxylic acids is 1. The zero-order valence-electron chi connectivity index (χ0n) is 22.5. The second-order valence-corrected chi connectivity index (χ2v) is 9.44. The zero-order valence-corrected chi connectivity index (χ0v) is 22.5. The molecule has 0 aliphatic heterocycles. The number of ether oxygens (including phenoxy) is 1. The van der Waals surface area contributed by atoms with Gasteiger partial charge in [0.15, 0.2) is 0 Å². The van der Waals surface area contributed by atoms with Gasteiger partial charge in [0, 0.05) is 24.5 Å². The van der Waals surface area contributed by atoms with E-state index in [4.69, 9.17) is 4.74 Å². The fraction of sp³-hybridized carbons (Fsp3) is 0.333. The topological polar surface area (TPSA) is 51.2 Å². The van der Waals surface area contributed by atoms with E-state index >= 15 is 0 Å². The highest BCUT2D eigenvalue weighted by Crippen LogP contribution is 2.32. The SMILES string of the molecule is CCCCCC(=C(C=CC(=O)N[C@H](C)CCCc1cccnc1)c1ccccc1)c1ccc(OC)cc1. The lowest BCUT2D eigenvalue weighted by atomic mass is 9.90. The number of amides is 1. The van der Waals surface area contributed by atoms with Crippen LogP contribution in [-0.2, 0) is 11.2 Å². The van der Waals surface area contributed by atoms with Crippen molar-refractivity contribution in [1.82, 2.24) is 10.3 Å². The molecule has 0 spiro atoms. The summed E-state index contributed by atoms with van der Waals surface area (Å²) in [5.41, 5.74) is 5.83. The van der Waals surface area contributed by atoms with Crippen molar-refractivity contribution in [1.29, 1.82) is 0 Å². The summed E-state index contributed by atoms with van der Waals surface area (Å²) < 4.78 is 5.38. The average molecular weight is 497 g/mol. The Labute approximate surface area is 222 Å². The number of hydrogen-bond acceptors (Lipinski definition) is 3. The second kappa shape index (κ2) is 15.5. The average Bonchev–Trinajstić information content (AvgIpc) is 2.93. The summed E-state index contributed by atoms with van der Waals surface area (Å²) in [5.74, 6) is 0.773. The number of benzene rings is 2. The van der Waals surface area contributed by atoms with E-state index in [-0.39, 0.29) is 11.9 Å². The van der Waals surface area contributed by atoms with Gasteiger partial charge in [0.1, 0.15) is 5.75 Å². The number of allylic oxidation sites excluding steroid dienone is 3. The standard InChI is InChI=1S/C33H40N2O2/c1-4-5-7-17-31(29-18-20-30(37-3)21-19-29)32(28-15-8-6-9-16-28)22-23-33(36)35-26(2)12-10-13-27-14-11-24-34-25-27/h6,8-9,11,14-16,18-26H,4-5,7,10,12-13,17H2,1-3H3,(H,35,36)/t26-/m1/s1. The Morgan fingerprint density at radius 2 is 1.73 bits per heavy atom. The van der Waals surface area contributed by atoms with Crippen molar-refractivity contribution in [2.45, 2.75) is 64.8 Å². The van der Waals surface area contributed by atoms with Gasteiger partial charge in [-0.05, 0) is 91.1 Å². The number of pyridine rings is 1. The molecular weight excluding hydrogens is 456 g/mol. The summed E-state index contributed by atoms with van der Waals surface area (Å²) in [6.45, 7) is 4.29. The van der Waals surface area contributed by atoms with Crippen LogP contribution in [0.1, 0.15) is 69.1 Å². The van der Waals surface area contributed by atoms with E-state index < -0.39 is 0 Å². The van der Waals surface area contributed by atoms with Crippen molar-refractivity contribution in [3.05, 3.63) is 108 Å². The lowest BCUT2D eigenvalue weighted by Gasteiger charge is -2.16. The Bertz CT molecular complexity index is 1140. The van der Waals surface area contributed by atoms with E-state index in [1.165, 1.54) is 17.6 Å². The molecule has 194 valence electrons. The maximum Gasteiger partial charge on any atom is 0.244 e. The Hall–Kier alpha value is -3.66. The molecule has 3 rings (SSSR count). The monoisotopic (exact) mass is 496 g/mol. The molecule has 1 aromatic heterocycles. The fourth-order valence-electron chi connectivity index (χ4n) is 4.45. The molecule has 3 aromatic rings. The molecule has 0 bridgehead atoms. The van der Waals surface area contributed by atoms with Crippen LogP contribution in [0, 0.1) is 0 Å². The van der Waals surface area contributed by atoms with Crippen LogP contribution in [0.15, 0.2) is 91.3 Å². The smallest absolute Gasteiger partial charge is 0.244 e. The largest absolute Gasteiger partial charge is 0.497 e. The lowest BCUT2D eigenvalue weighted by Crippen LogP contribution is -2.31. The van der Waals surface area contributed by atoms with Crippen molar-refractivity contribution in [2.24, 2.45) is 0 Å². The highest BCUT2D eigenvalue weighted by molar-refractivity contribution is 5.99. The molecule has 4 heteroatoms. The molecule has 4 nitrogen and oxygen atoms in total. The summed E-state index contributed by atoms with van der Waals surface area (Å²) in [7, 11) is 1.68. The van der Waals surface area contributed by atoms with E-state index in [2.05, 4.69) is 54.5 Å². The Kier molecular flexibility index (Phi) is 11.7. The molecular formula is C33H40N2O2. The second-order valence-electron chi connectivity index (χ2n) is 9.44. The number of rotatable bonds is 14. The predicted octanol–water partition coefficient (Wildman–Crippen LogP) is 7.67. The van der Waals surface area contributed by atoms with E-state index in [0.29, 0.717) is 0 Å². The number of nitrogens with zero attached hydrogens (tertiary/aromatic N) is 1. The molecule has 37 heavy (non-hydrogen) atoms. The number of hydrogen-bond donors (Lipinski definition) is 1. The van der Waals surface area contributed by atoms with Gasteiger partial charge >= 0.3 is 0 Å². The molecule has 0 aliphatic rings. The maximum absolute atomic E-state index is 12.9. The first-order valence-electron chi connectivity index (χ1n) is 13.4. The molecule has 0 aliphatic carbocycles. The first-order valence-corrected chi connectivity index (χ1v) is 13.4. The number of carbonyl (C=O) groups is 1. The van der Waals surface area contributed by atoms with Gasteiger partial charge in [-0.1, -0.05) is 68.3 Å². The van der Waals surface area contributed by atoms with Crippen molar-refractivity contribution in [3.63, 3.8) is 0 Å². The minimum absolute atomic E-state index is 0.0649. The molecule has 0 radical (unpaired) electrons. The third-order valence-electron chi connectivity index (χ3n) is 6.49. The van der Waals surface area contributed by atoms with Gasteiger partial charge in [-0.15, -0.1) is 0 Å². The predicted molar refractivity (Wildman–Crippen MR) is 154 cm³/mol. The van der Waals surface area contributed by atoms with Crippen molar-refractivity contribution < 1.29 is 9.53 Å². The van der Waals surface area contributed by atoms with Crippen LogP contribution in [0.4, 0.5) is 0 Å². The van der Waals surface area contributed by atoms with Crippen LogP contribution < -0.4 is 10.1 Å². The zero-order chi connectivity index (χ0) is 26.3. The fourth-order valence-corrected chi connectivity index (χ4v) is 4.45. The van der Waals surface area contributed by atoms with E-state index in [9.17, 15) is 4.79 Å². The Balaban J connectivity index is 1.78. The number of methoxy groups -OCH3 is 1. The number of aromatic nitrogens is 1. The summed E-state index contributed by atoms with van der Waals surface area (Å²) in [6.07, 6.45) is 14.6. The Morgan fingerprint density at radius 1 is 0.946 bits per heavy atom. The van der Waals surface area contributed by atoms with Gasteiger partial charge in [0.05, 0.1) is 7.11 Å². The number of unbranched alkanes of at least 4 members (excludes halogenated alkanes) is 2. The molecule has 1 amide bonds. The minimum atomic E-state index is -0.0649. The van der Waals surface area contributed by atoms with E-state index in [1.807, 2.05) is 48.7 Å². The Morgan fingerprint density at radius 3 is 2.41 bits per heavy atom. The number of aryl methyl sites for hydroxylation is 1. The van der Waals surface area contributed by atoms with Gasteiger partial charge in [-0.2, -0.15) is 0 Å². The van der Waals surface area contributed by atoms with Crippen LogP contribution in [0.2, 0.25) is 0 Å². The van der Waals surface area contributed by atoms with Crippen LogP contribution in [0.25, 0.3) is 11.1 Å². The molecule has 2 aromatic carbocycles. The first-order chi connectivity index (χ1) is 18.1. The minimum Gasteiger partial charge on any atom is -0.497 e. The molecule has 0 saturated carbocycles. The van der Waals surface area contributed by atoms with Crippen LogP contribution >= 0.6 is 0 Å². The summed E-state index contributed by atoms with van der Waals surface area (Å²) in [4.78, 5) is 17.1. The van der Waals surface area contributed by atoms with Crippen molar-refractivity contribution in [3.8, 4) is 5.75 Å². The molecule has 0 fully saturated rings. The molecule has 1 N–H and O–H groups in total. The van der Waals surface area contributed by atoms with Crippen molar-refractivity contribution >= 4 is 17.1 Å². The summed E-state index contributed by atoms with van der Waals surface area (Å²) >= 11 is 0. The van der Waals surface area contributed by atoms with Gasteiger partial charge in [-0.25, -0.2) is 0 Å². The van der Waals surface area contributed by atoms with E-state index in [1.54, 1.807) is 19.4 Å². The van der Waals surface area contributed by atoms with Gasteiger partial charge in [0.2, 0.25) is 5.91 Å². The highest BCUT2D eigenvalue weighted by Gasteiger charge is 2.12. The first kappa shape index (κ1) is 27.9. The third-order valence-corrected chi connectivity index (χ3v) is 6.49. The molecule has 0 unspecified atom stereocenters. The van der Waals surface area contributed by atoms with Crippen LogP contribution in [0.5, 0.6) is 5.75 Å². The molecule has 1 heterocycles. The summed E-state index contributed by atoms with van der Waals surface area (Å²) in [5, 5.41) is 3.14. The van der Waals surface area contributed by atoms with E-state index in [0.717, 1.165) is 61.0 Å². The lowest BCUT2D eigenvalue weighted by molar-refractivity contribution is -0.117. The van der Waals surface area contributed by atoms with Gasteiger partial charge < -0.3 is 10.1 Å². The number of nitrogens with one attached hydrogen (secondary N) is 1. The molecule has 1 atom stereocenters.